The molecule has 1 aromatic carbocycles. The monoisotopic (exact) mass is 364 g/mol. The summed E-state index contributed by atoms with van der Waals surface area (Å²) in [7, 11) is 0. The Kier molecular flexibility index (Phi) is 2.97. The van der Waals surface area contributed by atoms with Crippen molar-refractivity contribution in [3.05, 3.63) is 50.4 Å². The number of benzene rings is 1. The number of aromatic amines is 1. The molecule has 0 fully saturated rings. The van der Waals surface area contributed by atoms with E-state index in [4.69, 9.17) is 0 Å². The minimum atomic E-state index is -0.0383. The molecule has 0 atom stereocenters. The summed E-state index contributed by atoms with van der Waals surface area (Å²) in [6.07, 6.45) is 1.93. The van der Waals surface area contributed by atoms with Gasteiger partial charge in [-0.3, -0.25) is 4.79 Å². The van der Waals surface area contributed by atoms with E-state index in [1.165, 1.54) is 0 Å². The number of halogens is 1. The van der Waals surface area contributed by atoms with Gasteiger partial charge in [0.2, 0.25) is 0 Å². The summed E-state index contributed by atoms with van der Waals surface area (Å²) in [6.45, 7) is 4.05. The van der Waals surface area contributed by atoms with Crippen LogP contribution in [-0.4, -0.2) is 10.9 Å². The van der Waals surface area contributed by atoms with E-state index in [1.807, 2.05) is 38.1 Å². The molecular formula is C15H13IN2O. The number of carbonyl (C=O) groups is 1. The van der Waals surface area contributed by atoms with E-state index in [9.17, 15) is 4.79 Å². The second-order valence-electron chi connectivity index (χ2n) is 4.75. The smallest absolute Gasteiger partial charge is 0.256 e. The molecule has 0 radical (unpaired) electrons. The van der Waals surface area contributed by atoms with E-state index in [0.717, 1.165) is 37.3 Å². The molecule has 2 heterocycles. The van der Waals surface area contributed by atoms with Gasteiger partial charge in [-0.05, 0) is 66.3 Å². The number of nitrogens with one attached hydrogen (secondary N) is 2. The summed E-state index contributed by atoms with van der Waals surface area (Å²) < 4.78 is 1.12. The largest absolute Gasteiger partial charge is 0.359 e. The van der Waals surface area contributed by atoms with Gasteiger partial charge >= 0.3 is 0 Å². The fourth-order valence-electron chi connectivity index (χ4n) is 2.35. The third-order valence-corrected chi connectivity index (χ3v) is 3.91. The Morgan fingerprint density at radius 3 is 2.68 bits per heavy atom. The fourth-order valence-corrected chi connectivity index (χ4v) is 2.85. The number of hydrogen-bond acceptors (Lipinski definition) is 1. The van der Waals surface area contributed by atoms with Crippen LogP contribution in [0.15, 0.2) is 24.3 Å². The number of aromatic nitrogens is 1. The topological polar surface area (TPSA) is 44.9 Å². The summed E-state index contributed by atoms with van der Waals surface area (Å²) in [5.74, 6) is -0.0383. The average molecular weight is 364 g/mol. The Balaban J connectivity index is 2.12. The van der Waals surface area contributed by atoms with Crippen LogP contribution in [0.25, 0.3) is 11.6 Å². The van der Waals surface area contributed by atoms with Crippen LogP contribution in [0.4, 0.5) is 5.69 Å². The van der Waals surface area contributed by atoms with Crippen LogP contribution in [-0.2, 0) is 4.79 Å². The Morgan fingerprint density at radius 2 is 2.00 bits per heavy atom. The van der Waals surface area contributed by atoms with E-state index >= 15 is 0 Å². The van der Waals surface area contributed by atoms with Crippen LogP contribution in [0, 0.1) is 17.4 Å². The molecule has 0 saturated carbocycles. The number of fused-ring (bicyclic) bond motifs is 1. The van der Waals surface area contributed by atoms with Crippen molar-refractivity contribution in [3.63, 3.8) is 0 Å². The SMILES string of the molecule is Cc1cc(C)c(/C=C2\C(=O)Nc3cc(I)ccc32)[nH]1. The standard InChI is InChI=1S/C15H13IN2O/c1-8-5-9(2)17-13(8)7-12-11-4-3-10(16)6-14(11)18-15(12)19/h3-7,17H,1-2H3,(H,18,19)/b12-7-. The van der Waals surface area contributed by atoms with E-state index in [-0.39, 0.29) is 5.91 Å². The molecular weight excluding hydrogens is 351 g/mol. The molecule has 0 saturated heterocycles. The third-order valence-electron chi connectivity index (χ3n) is 3.24. The first-order chi connectivity index (χ1) is 9.04. The van der Waals surface area contributed by atoms with Gasteiger partial charge in [0.15, 0.2) is 0 Å². The number of rotatable bonds is 1. The van der Waals surface area contributed by atoms with Gasteiger partial charge in [0, 0.05) is 20.5 Å². The normalized spacial score (nSPS) is 15.7. The molecule has 0 bridgehead atoms. The summed E-state index contributed by atoms with van der Waals surface area (Å²) in [6, 6.07) is 8.07. The van der Waals surface area contributed by atoms with Crippen molar-refractivity contribution in [2.75, 3.05) is 5.32 Å². The van der Waals surface area contributed by atoms with Crippen LogP contribution in [0.1, 0.15) is 22.5 Å². The Bertz CT molecular complexity index is 713. The van der Waals surface area contributed by atoms with Gasteiger partial charge in [0.25, 0.3) is 5.91 Å². The predicted octanol–water partition coefficient (Wildman–Crippen LogP) is 3.73. The predicted molar refractivity (Wildman–Crippen MR) is 85.9 cm³/mol. The lowest BCUT2D eigenvalue weighted by molar-refractivity contribution is -0.110. The number of aryl methyl sites for hydroxylation is 2. The molecule has 19 heavy (non-hydrogen) atoms. The minimum absolute atomic E-state index is 0.0383. The van der Waals surface area contributed by atoms with Crippen molar-refractivity contribution < 1.29 is 4.79 Å². The zero-order valence-corrected chi connectivity index (χ0v) is 12.8. The van der Waals surface area contributed by atoms with E-state index < -0.39 is 0 Å². The maximum absolute atomic E-state index is 12.1. The zero-order chi connectivity index (χ0) is 13.6. The molecule has 96 valence electrons. The lowest BCUT2D eigenvalue weighted by Crippen LogP contribution is -2.03. The van der Waals surface area contributed by atoms with Crippen molar-refractivity contribution >= 4 is 45.8 Å². The number of H-pyrrole nitrogens is 1. The van der Waals surface area contributed by atoms with Gasteiger partial charge in [0.1, 0.15) is 0 Å². The quantitative estimate of drug-likeness (QED) is 0.588. The molecule has 4 heteroatoms. The summed E-state index contributed by atoms with van der Waals surface area (Å²) in [5, 5.41) is 2.91. The summed E-state index contributed by atoms with van der Waals surface area (Å²) >= 11 is 2.24. The number of amides is 1. The molecule has 3 nitrogen and oxygen atoms in total. The first-order valence-corrected chi connectivity index (χ1v) is 7.11. The molecule has 1 amide bonds. The summed E-state index contributed by atoms with van der Waals surface area (Å²) in [5.41, 5.74) is 5.83. The van der Waals surface area contributed by atoms with Crippen LogP contribution < -0.4 is 5.32 Å². The molecule has 0 unspecified atom stereocenters. The highest BCUT2D eigenvalue weighted by molar-refractivity contribution is 14.1. The van der Waals surface area contributed by atoms with Crippen LogP contribution in [0.2, 0.25) is 0 Å². The van der Waals surface area contributed by atoms with Gasteiger partial charge < -0.3 is 10.3 Å². The average Bonchev–Trinajstić information content (AvgIpc) is 2.80. The lowest BCUT2D eigenvalue weighted by atomic mass is 10.1. The van der Waals surface area contributed by atoms with Gasteiger partial charge in [-0.15, -0.1) is 0 Å². The Morgan fingerprint density at radius 1 is 1.21 bits per heavy atom. The second kappa shape index (κ2) is 4.52. The van der Waals surface area contributed by atoms with E-state index in [0.29, 0.717) is 0 Å². The maximum Gasteiger partial charge on any atom is 0.256 e. The highest BCUT2D eigenvalue weighted by atomic mass is 127. The highest BCUT2D eigenvalue weighted by Gasteiger charge is 2.24. The molecule has 1 aliphatic rings. The molecule has 0 aliphatic carbocycles. The molecule has 0 spiro atoms. The molecule has 1 aromatic heterocycles. The second-order valence-corrected chi connectivity index (χ2v) is 6.00. The van der Waals surface area contributed by atoms with Crippen LogP contribution in [0.5, 0.6) is 0 Å². The van der Waals surface area contributed by atoms with E-state index in [1.54, 1.807) is 0 Å². The maximum atomic E-state index is 12.1. The Hall–Kier alpha value is -1.56. The summed E-state index contributed by atoms with van der Waals surface area (Å²) in [4.78, 5) is 15.3. The van der Waals surface area contributed by atoms with E-state index in [2.05, 4.69) is 39.0 Å². The van der Waals surface area contributed by atoms with Crippen molar-refractivity contribution in [1.29, 1.82) is 0 Å². The molecule has 2 aromatic rings. The first kappa shape index (κ1) is 12.5. The lowest BCUT2D eigenvalue weighted by Gasteiger charge is -1.99. The Labute approximate surface area is 125 Å². The highest BCUT2D eigenvalue weighted by Crippen LogP contribution is 2.34. The van der Waals surface area contributed by atoms with Gasteiger partial charge in [-0.1, -0.05) is 6.07 Å². The molecule has 2 N–H and O–H groups in total. The third kappa shape index (κ3) is 2.20. The zero-order valence-electron chi connectivity index (χ0n) is 10.7. The van der Waals surface area contributed by atoms with Crippen LogP contribution >= 0.6 is 22.6 Å². The minimum Gasteiger partial charge on any atom is -0.359 e. The molecule has 3 rings (SSSR count). The van der Waals surface area contributed by atoms with Crippen LogP contribution in [0.3, 0.4) is 0 Å². The van der Waals surface area contributed by atoms with Crippen molar-refractivity contribution in [1.82, 2.24) is 4.98 Å². The van der Waals surface area contributed by atoms with Gasteiger partial charge in [0.05, 0.1) is 11.3 Å². The number of hydrogen-bond donors (Lipinski definition) is 2. The van der Waals surface area contributed by atoms with Gasteiger partial charge in [-0.2, -0.15) is 0 Å². The molecule has 1 aliphatic heterocycles. The van der Waals surface area contributed by atoms with Gasteiger partial charge in [-0.25, -0.2) is 0 Å². The van der Waals surface area contributed by atoms with Crippen molar-refractivity contribution in [2.45, 2.75) is 13.8 Å². The van der Waals surface area contributed by atoms with Crippen molar-refractivity contribution in [3.8, 4) is 0 Å². The number of carbonyl (C=O) groups excluding carboxylic acids is 1. The number of anilines is 1. The van der Waals surface area contributed by atoms with Crippen molar-refractivity contribution in [2.24, 2.45) is 0 Å². The first-order valence-electron chi connectivity index (χ1n) is 6.04. The fraction of sp³-hybridized carbons (Fsp3) is 0.133.